The Morgan fingerprint density at radius 1 is 1.10 bits per heavy atom. The van der Waals surface area contributed by atoms with Crippen LogP contribution in [0.1, 0.15) is 30.3 Å². The van der Waals surface area contributed by atoms with Crippen LogP contribution in [0.5, 0.6) is 5.88 Å². The van der Waals surface area contributed by atoms with E-state index in [9.17, 15) is 23.8 Å². The summed E-state index contributed by atoms with van der Waals surface area (Å²) < 4.78 is 23.4. The molecule has 1 aromatic carbocycles. The Morgan fingerprint density at radius 3 is 2.44 bits per heavy atom. The number of aromatic nitrogens is 2. The molecule has 2 heterocycles. The molecule has 2 aromatic rings. The predicted octanol–water partition coefficient (Wildman–Crippen LogP) is 1.37. The second kappa shape index (κ2) is 15.4. The maximum Gasteiger partial charge on any atom is 0.525 e. The number of carboxylic acid groups (broad SMARTS) is 1. The molecule has 0 aliphatic carbocycles. The Labute approximate surface area is 236 Å². The quantitative estimate of drug-likeness (QED) is 0.180. The third-order valence-corrected chi connectivity index (χ3v) is 7.29. The molecule has 0 radical (unpaired) electrons. The van der Waals surface area contributed by atoms with Gasteiger partial charge in [-0.25, -0.2) is 9.78 Å². The molecule has 1 aliphatic rings. The van der Waals surface area contributed by atoms with Gasteiger partial charge in [0.2, 0.25) is 11.8 Å². The third kappa shape index (κ3) is 10.1. The summed E-state index contributed by atoms with van der Waals surface area (Å²) >= 11 is 0. The normalized spacial score (nSPS) is 15.9. The molecule has 1 saturated heterocycles. The van der Waals surface area contributed by atoms with Gasteiger partial charge in [0.1, 0.15) is 18.3 Å². The number of carbonyl (C=O) groups excluding carboxylic acids is 2. The zero-order valence-corrected chi connectivity index (χ0v) is 23.4. The van der Waals surface area contributed by atoms with E-state index < -0.39 is 37.8 Å². The summed E-state index contributed by atoms with van der Waals surface area (Å²) in [5.41, 5.74) is 0.401. The highest BCUT2D eigenvalue weighted by molar-refractivity contribution is 7.52. The Kier molecular flexibility index (Phi) is 12.0. The molecule has 15 nitrogen and oxygen atoms in total. The first-order valence-electron chi connectivity index (χ1n) is 13.0. The number of hydrogen-bond acceptors (Lipinski definition) is 11. The van der Waals surface area contributed by atoms with Crippen LogP contribution in [0.4, 0.5) is 4.79 Å². The lowest BCUT2D eigenvalue weighted by molar-refractivity contribution is -0.154. The van der Waals surface area contributed by atoms with Crippen LogP contribution >= 0.6 is 7.60 Å². The Bertz CT molecular complexity index is 1230. The minimum Gasteiger partial charge on any atom is -0.475 e. The fraction of sp³-hybridized carbons (Fsp3) is 0.480. The topological polar surface area (TPSA) is 201 Å². The van der Waals surface area contributed by atoms with E-state index in [1.54, 1.807) is 30.3 Å². The average molecular weight is 596 g/mol. The Hall–Kier alpha value is -3.62. The van der Waals surface area contributed by atoms with Crippen LogP contribution in [0, 0.1) is 0 Å². The number of aliphatic hydroxyl groups is 1. The number of piperazine rings is 1. The van der Waals surface area contributed by atoms with Crippen molar-refractivity contribution in [3.8, 4) is 17.3 Å². The van der Waals surface area contributed by atoms with Gasteiger partial charge in [-0.05, 0) is 6.42 Å². The SMILES string of the molecule is CCCCOP(=O)(O)C[C@H](NC(=O)c1cc(OCCO)nc(-c2ccccc2)n1)C(=O)N1CCN(OC(=O)O)CC1. The van der Waals surface area contributed by atoms with Crippen molar-refractivity contribution in [2.45, 2.75) is 25.8 Å². The maximum atomic E-state index is 13.5. The second-order valence-electron chi connectivity index (χ2n) is 9.00. The van der Waals surface area contributed by atoms with E-state index in [1.165, 1.54) is 16.0 Å². The minimum absolute atomic E-state index is 0.00222. The van der Waals surface area contributed by atoms with Gasteiger partial charge in [-0.2, -0.15) is 4.98 Å². The standard InChI is InChI=1S/C25H34N5O10P/c1-2-3-14-39-41(36,37)17-20(24(33)29-9-11-30(12-10-29)40-25(34)35)27-23(32)19-16-21(38-15-13-31)28-22(26-19)18-7-5-4-6-8-18/h4-8,16,20,31H,2-3,9-15,17H2,1H3,(H,27,32)(H,34,35)(H,36,37)/t20-/m0/s1. The molecule has 41 heavy (non-hydrogen) atoms. The van der Waals surface area contributed by atoms with Crippen LogP contribution in [0.2, 0.25) is 0 Å². The Balaban J connectivity index is 1.85. The highest BCUT2D eigenvalue weighted by atomic mass is 31.2. The molecule has 0 saturated carbocycles. The highest BCUT2D eigenvalue weighted by Gasteiger charge is 2.36. The summed E-state index contributed by atoms with van der Waals surface area (Å²) in [4.78, 5) is 62.7. The van der Waals surface area contributed by atoms with Crippen LogP contribution in [0.15, 0.2) is 36.4 Å². The summed E-state index contributed by atoms with van der Waals surface area (Å²) in [6.45, 7) is 1.75. The van der Waals surface area contributed by atoms with E-state index >= 15 is 0 Å². The maximum absolute atomic E-state index is 13.5. The fourth-order valence-electron chi connectivity index (χ4n) is 3.86. The average Bonchev–Trinajstić information content (AvgIpc) is 2.95. The molecular formula is C25H34N5O10P. The number of aliphatic hydroxyl groups excluding tert-OH is 1. The number of hydrogen-bond donors (Lipinski definition) is 4. The molecule has 16 heteroatoms. The van der Waals surface area contributed by atoms with Crippen molar-refractivity contribution in [1.29, 1.82) is 0 Å². The summed E-state index contributed by atoms with van der Waals surface area (Å²) in [5, 5.41) is 21.6. The number of amides is 2. The lowest BCUT2D eigenvalue weighted by atomic mass is 10.2. The molecular weight excluding hydrogens is 561 g/mol. The van der Waals surface area contributed by atoms with E-state index in [1.807, 2.05) is 6.92 Å². The van der Waals surface area contributed by atoms with Crippen molar-refractivity contribution in [3.05, 3.63) is 42.1 Å². The van der Waals surface area contributed by atoms with Gasteiger partial charge >= 0.3 is 13.8 Å². The van der Waals surface area contributed by atoms with Crippen molar-refractivity contribution >= 4 is 25.6 Å². The minimum atomic E-state index is -4.30. The highest BCUT2D eigenvalue weighted by Crippen LogP contribution is 2.43. The fourth-order valence-corrected chi connectivity index (χ4v) is 5.09. The number of nitrogens with one attached hydrogen (secondary N) is 1. The number of unbranched alkanes of at least 4 members (excludes halogenated alkanes) is 1. The van der Waals surface area contributed by atoms with E-state index in [-0.39, 0.29) is 63.4 Å². The Morgan fingerprint density at radius 2 is 1.80 bits per heavy atom. The van der Waals surface area contributed by atoms with E-state index in [0.29, 0.717) is 12.0 Å². The molecule has 1 fully saturated rings. The molecule has 2 atom stereocenters. The monoisotopic (exact) mass is 595 g/mol. The van der Waals surface area contributed by atoms with Crippen LogP contribution < -0.4 is 10.1 Å². The van der Waals surface area contributed by atoms with Gasteiger partial charge < -0.3 is 39.4 Å². The molecule has 0 bridgehead atoms. The van der Waals surface area contributed by atoms with Crippen LogP contribution in [0.25, 0.3) is 11.4 Å². The first kappa shape index (κ1) is 31.9. The summed E-state index contributed by atoms with van der Waals surface area (Å²) in [6.07, 6.45) is -0.930. The lowest BCUT2D eigenvalue weighted by Gasteiger charge is -2.35. The number of hydroxylamine groups is 2. The van der Waals surface area contributed by atoms with Gasteiger partial charge in [0.15, 0.2) is 5.82 Å². The third-order valence-electron chi connectivity index (χ3n) is 5.87. The van der Waals surface area contributed by atoms with Gasteiger partial charge in [0.05, 0.1) is 32.5 Å². The van der Waals surface area contributed by atoms with Crippen molar-refractivity contribution in [1.82, 2.24) is 25.2 Å². The molecule has 0 spiro atoms. The van der Waals surface area contributed by atoms with E-state index in [2.05, 4.69) is 20.1 Å². The van der Waals surface area contributed by atoms with E-state index in [4.69, 9.17) is 19.5 Å². The lowest BCUT2D eigenvalue weighted by Crippen LogP contribution is -2.56. The molecule has 1 unspecified atom stereocenters. The second-order valence-corrected chi connectivity index (χ2v) is 10.9. The zero-order chi connectivity index (χ0) is 29.8. The van der Waals surface area contributed by atoms with Gasteiger partial charge in [-0.3, -0.25) is 14.2 Å². The summed E-state index contributed by atoms with van der Waals surface area (Å²) in [7, 11) is -4.30. The van der Waals surface area contributed by atoms with Gasteiger partial charge in [-0.1, -0.05) is 43.7 Å². The molecule has 224 valence electrons. The molecule has 1 aliphatic heterocycles. The summed E-state index contributed by atoms with van der Waals surface area (Å²) in [5.74, 6) is -1.33. The van der Waals surface area contributed by atoms with Gasteiger partial charge in [-0.15, -0.1) is 5.06 Å². The van der Waals surface area contributed by atoms with Crippen molar-refractivity contribution in [2.24, 2.45) is 0 Å². The van der Waals surface area contributed by atoms with Gasteiger partial charge in [0.25, 0.3) is 5.91 Å². The van der Waals surface area contributed by atoms with Crippen LogP contribution in [-0.2, 0) is 18.7 Å². The number of nitrogens with zero attached hydrogens (tertiary/aromatic N) is 4. The largest absolute Gasteiger partial charge is 0.525 e. The molecule has 3 rings (SSSR count). The number of benzene rings is 1. The smallest absolute Gasteiger partial charge is 0.475 e. The molecule has 1 aromatic heterocycles. The van der Waals surface area contributed by atoms with Crippen molar-refractivity contribution < 1.29 is 48.2 Å². The van der Waals surface area contributed by atoms with Crippen molar-refractivity contribution in [3.63, 3.8) is 0 Å². The first-order chi connectivity index (χ1) is 19.6. The number of ether oxygens (including phenoxy) is 1. The van der Waals surface area contributed by atoms with Crippen LogP contribution in [-0.4, -0.2) is 111 Å². The van der Waals surface area contributed by atoms with Crippen LogP contribution in [0.3, 0.4) is 0 Å². The molecule has 4 N–H and O–H groups in total. The summed E-state index contributed by atoms with van der Waals surface area (Å²) in [6, 6.07) is 8.52. The number of carbonyl (C=O) groups is 3. The molecule has 2 amide bonds. The van der Waals surface area contributed by atoms with Crippen molar-refractivity contribution in [2.75, 3.05) is 52.2 Å². The first-order valence-corrected chi connectivity index (χ1v) is 14.8. The van der Waals surface area contributed by atoms with Gasteiger partial charge in [0, 0.05) is 24.7 Å². The van der Waals surface area contributed by atoms with E-state index in [0.717, 1.165) is 6.42 Å². The predicted molar refractivity (Wildman–Crippen MR) is 144 cm³/mol. The number of rotatable bonds is 14. The zero-order valence-electron chi connectivity index (χ0n) is 22.5.